The van der Waals surface area contributed by atoms with E-state index in [9.17, 15) is 14.4 Å². The molecule has 6 nitrogen and oxygen atoms in total. The van der Waals surface area contributed by atoms with Crippen molar-refractivity contribution in [2.24, 2.45) is 0 Å². The van der Waals surface area contributed by atoms with Gasteiger partial charge in [-0.3, -0.25) is 4.79 Å². The van der Waals surface area contributed by atoms with E-state index in [4.69, 9.17) is 9.15 Å². The summed E-state index contributed by atoms with van der Waals surface area (Å²) in [7, 11) is 0. The Hall–Kier alpha value is -2.63. The summed E-state index contributed by atoms with van der Waals surface area (Å²) < 4.78 is 10.4. The van der Waals surface area contributed by atoms with Crippen LogP contribution in [0.1, 0.15) is 31.9 Å². The summed E-state index contributed by atoms with van der Waals surface area (Å²) in [6.45, 7) is 4.81. The molecule has 0 bridgehead atoms. The van der Waals surface area contributed by atoms with Crippen molar-refractivity contribution >= 4 is 22.8 Å². The highest BCUT2D eigenvalue weighted by Gasteiger charge is 2.16. The Kier molecular flexibility index (Phi) is 5.16. The fourth-order valence-electron chi connectivity index (χ4n) is 2.25. The molecular weight excluding hydrogens is 298 g/mol. The molecule has 1 heterocycles. The van der Waals surface area contributed by atoms with Crippen LogP contribution >= 0.6 is 0 Å². The van der Waals surface area contributed by atoms with Crippen LogP contribution in [0.2, 0.25) is 0 Å². The third-order valence-corrected chi connectivity index (χ3v) is 3.45. The zero-order valence-corrected chi connectivity index (χ0v) is 13.3. The van der Waals surface area contributed by atoms with Crippen molar-refractivity contribution in [3.05, 3.63) is 45.8 Å². The number of ether oxygens (including phenoxy) is 1. The predicted octanol–water partition coefficient (Wildman–Crippen LogP) is 1.92. The molecule has 2 aromatic rings. The smallest absolute Gasteiger partial charge is 0.336 e. The van der Waals surface area contributed by atoms with E-state index in [2.05, 4.69) is 5.32 Å². The zero-order chi connectivity index (χ0) is 17.0. The van der Waals surface area contributed by atoms with Gasteiger partial charge >= 0.3 is 11.6 Å². The van der Waals surface area contributed by atoms with Gasteiger partial charge in [0.15, 0.2) is 0 Å². The van der Waals surface area contributed by atoms with Crippen molar-refractivity contribution in [2.45, 2.75) is 39.8 Å². The van der Waals surface area contributed by atoms with Crippen LogP contribution in [0.25, 0.3) is 11.0 Å². The van der Waals surface area contributed by atoms with Crippen molar-refractivity contribution in [3.63, 3.8) is 0 Å². The molecule has 1 atom stereocenters. The number of aryl methyl sites for hydroxylation is 1. The molecule has 0 fully saturated rings. The number of hydrogen-bond acceptors (Lipinski definition) is 5. The van der Waals surface area contributed by atoms with Crippen molar-refractivity contribution < 1.29 is 18.7 Å². The summed E-state index contributed by atoms with van der Waals surface area (Å²) in [5.41, 5.74) is 1.60. The van der Waals surface area contributed by atoms with Crippen molar-refractivity contribution in [1.29, 1.82) is 0 Å². The number of benzene rings is 1. The molecule has 0 aliphatic heterocycles. The molecule has 1 unspecified atom stereocenters. The average molecular weight is 317 g/mol. The SMILES string of the molecule is CCc1ccc2c(COC(=O)C(C)NC(C)=O)cc(=O)oc2c1. The second-order valence-corrected chi connectivity index (χ2v) is 5.30. The number of hydrogen-bond donors (Lipinski definition) is 1. The van der Waals surface area contributed by atoms with Gasteiger partial charge in [-0.2, -0.15) is 0 Å². The van der Waals surface area contributed by atoms with Gasteiger partial charge in [-0.25, -0.2) is 9.59 Å². The van der Waals surface area contributed by atoms with E-state index in [0.29, 0.717) is 11.1 Å². The summed E-state index contributed by atoms with van der Waals surface area (Å²) in [5, 5.41) is 3.17. The normalized spacial score (nSPS) is 12.0. The Morgan fingerprint density at radius 2 is 2.04 bits per heavy atom. The van der Waals surface area contributed by atoms with Gasteiger partial charge in [0.2, 0.25) is 5.91 Å². The molecule has 0 spiro atoms. The van der Waals surface area contributed by atoms with Crippen LogP contribution in [0.15, 0.2) is 33.5 Å². The van der Waals surface area contributed by atoms with Crippen molar-refractivity contribution in [2.75, 3.05) is 0 Å². The van der Waals surface area contributed by atoms with Crippen LogP contribution in [0.4, 0.5) is 0 Å². The summed E-state index contributed by atoms with van der Waals surface area (Å²) in [5.74, 6) is -0.876. The van der Waals surface area contributed by atoms with Crippen molar-refractivity contribution in [1.82, 2.24) is 5.32 Å². The highest BCUT2D eigenvalue weighted by Crippen LogP contribution is 2.20. The Morgan fingerprint density at radius 3 is 2.70 bits per heavy atom. The van der Waals surface area contributed by atoms with E-state index in [1.807, 2.05) is 25.1 Å². The van der Waals surface area contributed by atoms with Crippen molar-refractivity contribution in [3.8, 4) is 0 Å². The van der Waals surface area contributed by atoms with Gasteiger partial charge in [0.1, 0.15) is 18.2 Å². The van der Waals surface area contributed by atoms with Crippen LogP contribution < -0.4 is 10.9 Å². The zero-order valence-electron chi connectivity index (χ0n) is 13.3. The van der Waals surface area contributed by atoms with E-state index < -0.39 is 17.6 Å². The van der Waals surface area contributed by atoms with Gasteiger partial charge in [0, 0.05) is 23.9 Å². The minimum absolute atomic E-state index is 0.0592. The number of carbonyl (C=O) groups excluding carboxylic acids is 2. The third kappa shape index (κ3) is 4.18. The second-order valence-electron chi connectivity index (χ2n) is 5.30. The molecule has 0 aliphatic carbocycles. The first kappa shape index (κ1) is 16.7. The molecule has 1 aromatic carbocycles. The summed E-state index contributed by atoms with van der Waals surface area (Å²) in [6.07, 6.45) is 0.826. The fourth-order valence-corrected chi connectivity index (χ4v) is 2.25. The maximum atomic E-state index is 11.8. The Balaban J connectivity index is 2.21. The third-order valence-electron chi connectivity index (χ3n) is 3.45. The van der Waals surface area contributed by atoms with E-state index in [-0.39, 0.29) is 12.5 Å². The maximum absolute atomic E-state index is 11.8. The summed E-state index contributed by atoms with van der Waals surface area (Å²) in [4.78, 5) is 34.4. The predicted molar refractivity (Wildman–Crippen MR) is 84.9 cm³/mol. The molecule has 23 heavy (non-hydrogen) atoms. The molecule has 0 saturated heterocycles. The minimum atomic E-state index is -0.745. The Labute approximate surface area is 133 Å². The van der Waals surface area contributed by atoms with Gasteiger partial charge in [0.05, 0.1) is 0 Å². The topological polar surface area (TPSA) is 85.6 Å². The van der Waals surface area contributed by atoms with Crippen LogP contribution in [-0.2, 0) is 27.4 Å². The number of amides is 1. The second kappa shape index (κ2) is 7.09. The Morgan fingerprint density at radius 1 is 1.30 bits per heavy atom. The van der Waals surface area contributed by atoms with Gasteiger partial charge in [-0.1, -0.05) is 19.1 Å². The lowest BCUT2D eigenvalue weighted by Crippen LogP contribution is -2.38. The van der Waals surface area contributed by atoms with Gasteiger partial charge in [-0.15, -0.1) is 0 Å². The highest BCUT2D eigenvalue weighted by molar-refractivity contribution is 5.83. The average Bonchev–Trinajstić information content (AvgIpc) is 2.50. The largest absolute Gasteiger partial charge is 0.459 e. The molecule has 122 valence electrons. The van der Waals surface area contributed by atoms with Gasteiger partial charge in [-0.05, 0) is 25.0 Å². The monoisotopic (exact) mass is 317 g/mol. The number of fused-ring (bicyclic) bond motifs is 1. The lowest BCUT2D eigenvalue weighted by Gasteiger charge is -2.12. The molecule has 0 saturated carbocycles. The van der Waals surface area contributed by atoms with Gasteiger partial charge in [0.25, 0.3) is 0 Å². The van der Waals surface area contributed by atoms with Crippen LogP contribution in [0, 0.1) is 0 Å². The minimum Gasteiger partial charge on any atom is -0.459 e. The van der Waals surface area contributed by atoms with E-state index in [1.54, 1.807) is 0 Å². The molecule has 0 radical (unpaired) electrons. The first-order valence-corrected chi connectivity index (χ1v) is 7.40. The first-order chi connectivity index (χ1) is 10.9. The van der Waals surface area contributed by atoms with E-state index in [1.165, 1.54) is 19.9 Å². The van der Waals surface area contributed by atoms with Crippen LogP contribution in [0.5, 0.6) is 0 Å². The standard InChI is InChI=1S/C17H19NO5/c1-4-12-5-6-14-13(8-16(20)23-15(14)7-12)9-22-17(21)10(2)18-11(3)19/h5-8,10H,4,9H2,1-3H3,(H,18,19). The first-order valence-electron chi connectivity index (χ1n) is 7.40. The number of nitrogens with one attached hydrogen (secondary N) is 1. The lowest BCUT2D eigenvalue weighted by molar-refractivity contribution is -0.148. The molecule has 0 aliphatic rings. The summed E-state index contributed by atoms with van der Waals surface area (Å²) >= 11 is 0. The van der Waals surface area contributed by atoms with Gasteiger partial charge < -0.3 is 14.5 Å². The highest BCUT2D eigenvalue weighted by atomic mass is 16.5. The van der Waals surface area contributed by atoms with E-state index >= 15 is 0 Å². The fraction of sp³-hybridized carbons (Fsp3) is 0.353. The Bertz CT molecular complexity index is 793. The molecule has 2 rings (SSSR count). The molecule has 6 heteroatoms. The maximum Gasteiger partial charge on any atom is 0.336 e. The quantitative estimate of drug-likeness (QED) is 0.672. The molecule has 1 aromatic heterocycles. The number of carbonyl (C=O) groups is 2. The number of rotatable bonds is 5. The molecular formula is C17H19NO5. The van der Waals surface area contributed by atoms with Crippen LogP contribution in [-0.4, -0.2) is 17.9 Å². The lowest BCUT2D eigenvalue weighted by atomic mass is 10.1. The van der Waals surface area contributed by atoms with Crippen LogP contribution in [0.3, 0.4) is 0 Å². The molecule has 1 N–H and O–H groups in total. The van der Waals surface area contributed by atoms with E-state index in [0.717, 1.165) is 17.4 Å². The summed E-state index contributed by atoms with van der Waals surface area (Å²) in [6, 6.07) is 6.16. The number of esters is 1. The molecule has 1 amide bonds.